The van der Waals surface area contributed by atoms with Crippen LogP contribution in [0.1, 0.15) is 16.7 Å². The highest BCUT2D eigenvalue weighted by atomic mass is 16.2. The number of hydrogen-bond acceptors (Lipinski definition) is 3. The van der Waals surface area contributed by atoms with Crippen LogP contribution in [0.15, 0.2) is 78.9 Å². The van der Waals surface area contributed by atoms with Crippen LogP contribution in [0.25, 0.3) is 0 Å². The predicted octanol–water partition coefficient (Wildman–Crippen LogP) is 3.42. The molecule has 2 N–H and O–H groups in total. The Balaban J connectivity index is 1.38. The molecule has 0 unspecified atom stereocenters. The molecule has 3 aromatic carbocycles. The molecule has 0 aliphatic carbocycles. The second-order valence-electron chi connectivity index (χ2n) is 8.29. The number of para-hydroxylation sites is 2. The van der Waals surface area contributed by atoms with E-state index in [0.29, 0.717) is 30.9 Å². The fourth-order valence-corrected chi connectivity index (χ4v) is 4.00. The first-order chi connectivity index (χ1) is 16.5. The summed E-state index contributed by atoms with van der Waals surface area (Å²) in [5, 5.41) is 5.77. The lowest BCUT2D eigenvalue weighted by Crippen LogP contribution is -2.53. The van der Waals surface area contributed by atoms with Crippen LogP contribution >= 0.6 is 0 Å². The molecule has 0 radical (unpaired) electrons. The summed E-state index contributed by atoms with van der Waals surface area (Å²) in [5.74, 6) is -0.541. The summed E-state index contributed by atoms with van der Waals surface area (Å²) in [7, 11) is 0. The molecule has 0 aromatic heterocycles. The van der Waals surface area contributed by atoms with Crippen molar-refractivity contribution in [3.05, 3.63) is 95.6 Å². The topological polar surface area (TPSA) is 81.8 Å². The lowest BCUT2D eigenvalue weighted by Gasteiger charge is -2.35. The summed E-state index contributed by atoms with van der Waals surface area (Å²) >= 11 is 0. The molecule has 4 amide bonds. The zero-order valence-corrected chi connectivity index (χ0v) is 19.2. The second kappa shape index (κ2) is 10.7. The fourth-order valence-electron chi connectivity index (χ4n) is 4.00. The van der Waals surface area contributed by atoms with E-state index in [1.807, 2.05) is 61.5 Å². The molecule has 0 saturated carbocycles. The van der Waals surface area contributed by atoms with Crippen molar-refractivity contribution in [1.82, 2.24) is 10.6 Å². The van der Waals surface area contributed by atoms with E-state index < -0.39 is 0 Å². The largest absolute Gasteiger partial charge is 0.354 e. The molecule has 0 spiro atoms. The highest BCUT2D eigenvalue weighted by Crippen LogP contribution is 2.33. The number of rotatable bonds is 7. The first-order valence-corrected chi connectivity index (χ1v) is 11.3. The van der Waals surface area contributed by atoms with Crippen LogP contribution in [0, 0.1) is 6.92 Å². The van der Waals surface area contributed by atoms with Crippen molar-refractivity contribution in [3.63, 3.8) is 0 Å². The molecule has 174 valence electrons. The molecule has 0 saturated heterocycles. The second-order valence-corrected chi connectivity index (χ2v) is 8.29. The maximum atomic E-state index is 12.9. The van der Waals surface area contributed by atoms with Crippen molar-refractivity contribution < 1.29 is 14.4 Å². The number of benzene rings is 3. The van der Waals surface area contributed by atoms with Gasteiger partial charge < -0.3 is 10.6 Å². The van der Waals surface area contributed by atoms with E-state index in [-0.39, 0.29) is 30.9 Å². The van der Waals surface area contributed by atoms with Crippen molar-refractivity contribution in [2.45, 2.75) is 19.9 Å². The molecule has 0 atom stereocenters. The van der Waals surface area contributed by atoms with E-state index in [1.165, 1.54) is 15.4 Å². The minimum Gasteiger partial charge on any atom is -0.354 e. The summed E-state index contributed by atoms with van der Waals surface area (Å²) in [6.45, 7) is 2.66. The zero-order valence-electron chi connectivity index (χ0n) is 19.2. The number of carbonyl (C=O) groups excluding carboxylic acids is 3. The number of amides is 4. The van der Waals surface area contributed by atoms with Crippen LogP contribution in [-0.2, 0) is 22.6 Å². The van der Waals surface area contributed by atoms with Gasteiger partial charge in [0.2, 0.25) is 11.8 Å². The Morgan fingerprint density at radius 1 is 0.853 bits per heavy atom. The molecule has 4 rings (SSSR count). The minimum absolute atomic E-state index is 0.0941. The van der Waals surface area contributed by atoms with Gasteiger partial charge in [-0.1, -0.05) is 72.3 Å². The maximum Gasteiger partial charge on any atom is 0.322 e. The quantitative estimate of drug-likeness (QED) is 0.572. The Kier molecular flexibility index (Phi) is 7.22. The molecule has 1 aliphatic heterocycles. The number of nitrogens with one attached hydrogen (secondary N) is 2. The van der Waals surface area contributed by atoms with E-state index >= 15 is 0 Å². The van der Waals surface area contributed by atoms with Gasteiger partial charge in [-0.2, -0.15) is 0 Å². The van der Waals surface area contributed by atoms with Gasteiger partial charge in [-0.15, -0.1) is 0 Å². The fraction of sp³-hybridized carbons (Fsp3) is 0.222. The standard InChI is InChI=1S/C27H28N4O3/c1-20-8-7-11-21(16-20)14-15-28-25(32)18-30-23-12-5-6-13-24(23)31(19-26(30)33)27(34)29-17-22-9-3-2-4-10-22/h2-13,16H,14-15,17-19H2,1H3,(H,28,32)(H,29,34). The number of aryl methyl sites for hydroxylation is 1. The van der Waals surface area contributed by atoms with Gasteiger partial charge in [0.25, 0.3) is 0 Å². The summed E-state index contributed by atoms with van der Waals surface area (Å²) in [6.07, 6.45) is 0.716. The van der Waals surface area contributed by atoms with Crippen LogP contribution in [0.4, 0.5) is 16.2 Å². The van der Waals surface area contributed by atoms with Crippen LogP contribution in [0.3, 0.4) is 0 Å². The molecule has 3 aromatic rings. The van der Waals surface area contributed by atoms with Crippen molar-refractivity contribution in [3.8, 4) is 0 Å². The number of carbonyl (C=O) groups is 3. The smallest absolute Gasteiger partial charge is 0.322 e. The van der Waals surface area contributed by atoms with Gasteiger partial charge in [-0.25, -0.2) is 4.79 Å². The normalized spacial score (nSPS) is 12.8. The van der Waals surface area contributed by atoms with Crippen molar-refractivity contribution in [1.29, 1.82) is 0 Å². The van der Waals surface area contributed by atoms with Crippen LogP contribution in [0.5, 0.6) is 0 Å². The van der Waals surface area contributed by atoms with E-state index in [0.717, 1.165) is 11.1 Å². The zero-order chi connectivity index (χ0) is 23.9. The Hall–Kier alpha value is -4.13. The molecule has 7 heteroatoms. The summed E-state index contributed by atoms with van der Waals surface area (Å²) in [6, 6.07) is 24.5. The average Bonchev–Trinajstić information content (AvgIpc) is 2.85. The highest BCUT2D eigenvalue weighted by molar-refractivity contribution is 6.12. The number of urea groups is 1. The third-order valence-corrected chi connectivity index (χ3v) is 5.71. The lowest BCUT2D eigenvalue weighted by molar-refractivity contribution is -0.123. The Morgan fingerprint density at radius 2 is 1.56 bits per heavy atom. The monoisotopic (exact) mass is 456 g/mol. The first kappa shape index (κ1) is 23.0. The van der Waals surface area contributed by atoms with Crippen molar-refractivity contribution in [2.24, 2.45) is 0 Å². The third kappa shape index (κ3) is 5.61. The van der Waals surface area contributed by atoms with Gasteiger partial charge in [0.1, 0.15) is 13.1 Å². The summed E-state index contributed by atoms with van der Waals surface area (Å²) in [4.78, 5) is 41.3. The summed E-state index contributed by atoms with van der Waals surface area (Å²) < 4.78 is 0. The number of fused-ring (bicyclic) bond motifs is 1. The van der Waals surface area contributed by atoms with Gasteiger partial charge in [-0.3, -0.25) is 19.4 Å². The van der Waals surface area contributed by atoms with Gasteiger partial charge in [-0.05, 0) is 36.6 Å². The first-order valence-electron chi connectivity index (χ1n) is 11.3. The molecular weight excluding hydrogens is 428 g/mol. The average molecular weight is 457 g/mol. The number of hydrogen-bond donors (Lipinski definition) is 2. The Morgan fingerprint density at radius 3 is 2.32 bits per heavy atom. The molecule has 7 nitrogen and oxygen atoms in total. The van der Waals surface area contributed by atoms with E-state index in [9.17, 15) is 14.4 Å². The summed E-state index contributed by atoms with van der Waals surface area (Å²) in [5.41, 5.74) is 4.44. The SMILES string of the molecule is Cc1cccc(CCNC(=O)CN2C(=O)CN(C(=O)NCc3ccccc3)c3ccccc32)c1. The number of anilines is 2. The molecule has 1 heterocycles. The van der Waals surface area contributed by atoms with Gasteiger partial charge >= 0.3 is 6.03 Å². The Labute approximate surface area is 199 Å². The highest BCUT2D eigenvalue weighted by Gasteiger charge is 2.33. The van der Waals surface area contributed by atoms with Gasteiger partial charge in [0.15, 0.2) is 0 Å². The predicted molar refractivity (Wildman–Crippen MR) is 133 cm³/mol. The Bertz CT molecular complexity index is 1180. The third-order valence-electron chi connectivity index (χ3n) is 5.71. The van der Waals surface area contributed by atoms with E-state index in [2.05, 4.69) is 16.7 Å². The van der Waals surface area contributed by atoms with Gasteiger partial charge in [0, 0.05) is 13.1 Å². The lowest BCUT2D eigenvalue weighted by atomic mass is 10.1. The molecule has 0 bridgehead atoms. The van der Waals surface area contributed by atoms with Crippen molar-refractivity contribution >= 4 is 29.2 Å². The molecule has 1 aliphatic rings. The van der Waals surface area contributed by atoms with Crippen LogP contribution in [0.2, 0.25) is 0 Å². The van der Waals surface area contributed by atoms with Crippen molar-refractivity contribution in [2.75, 3.05) is 29.4 Å². The number of nitrogens with zero attached hydrogens (tertiary/aromatic N) is 2. The van der Waals surface area contributed by atoms with E-state index in [4.69, 9.17) is 0 Å². The van der Waals surface area contributed by atoms with E-state index in [1.54, 1.807) is 18.2 Å². The van der Waals surface area contributed by atoms with Gasteiger partial charge in [0.05, 0.1) is 11.4 Å². The minimum atomic E-state index is -0.355. The molecular formula is C27H28N4O3. The van der Waals surface area contributed by atoms with Crippen LogP contribution < -0.4 is 20.4 Å². The molecule has 34 heavy (non-hydrogen) atoms. The van der Waals surface area contributed by atoms with Crippen LogP contribution in [-0.4, -0.2) is 37.5 Å². The molecule has 0 fully saturated rings. The maximum absolute atomic E-state index is 12.9.